The van der Waals surface area contributed by atoms with Gasteiger partial charge >= 0.3 is 6.61 Å². The Balaban J connectivity index is 1.52. The highest BCUT2D eigenvalue weighted by Gasteiger charge is 2.21. The molecule has 0 saturated heterocycles. The van der Waals surface area contributed by atoms with Crippen molar-refractivity contribution in [2.45, 2.75) is 32.4 Å². The van der Waals surface area contributed by atoms with Crippen molar-refractivity contribution in [3.05, 3.63) is 50.3 Å². The van der Waals surface area contributed by atoms with Gasteiger partial charge in [0.05, 0.1) is 16.7 Å². The first-order chi connectivity index (χ1) is 13.4. The van der Waals surface area contributed by atoms with Gasteiger partial charge in [0, 0.05) is 10.6 Å². The second-order valence-electron chi connectivity index (χ2n) is 6.29. The SMILES string of the molecule is O=C(Cn1cnc2sc3c(c2c1=O)CCC3)Nc1ccc(OC(F)F)c(Cl)c1. The maximum atomic E-state index is 12.8. The molecule has 28 heavy (non-hydrogen) atoms. The number of nitrogens with one attached hydrogen (secondary N) is 1. The standard InChI is InChI=1S/C18H14ClF2N3O3S/c19-11-6-9(4-5-12(11)27-18(20)21)23-14(25)7-24-8-22-16-15(17(24)26)10-2-1-3-13(10)28-16/h4-6,8,18H,1-3,7H2,(H,23,25). The summed E-state index contributed by atoms with van der Waals surface area (Å²) in [5.74, 6) is -0.652. The predicted molar refractivity (Wildman–Crippen MR) is 103 cm³/mol. The fourth-order valence-electron chi connectivity index (χ4n) is 3.26. The molecule has 0 saturated carbocycles. The van der Waals surface area contributed by atoms with E-state index in [0.717, 1.165) is 24.8 Å². The van der Waals surface area contributed by atoms with Crippen LogP contribution in [-0.4, -0.2) is 22.1 Å². The number of nitrogens with zero attached hydrogens (tertiary/aromatic N) is 2. The number of hydrogen-bond acceptors (Lipinski definition) is 5. The Bertz CT molecular complexity index is 1130. The summed E-state index contributed by atoms with van der Waals surface area (Å²) in [4.78, 5) is 31.3. The molecule has 0 fully saturated rings. The van der Waals surface area contributed by atoms with Crippen molar-refractivity contribution in [3.8, 4) is 5.75 Å². The van der Waals surface area contributed by atoms with Gasteiger partial charge in [0.25, 0.3) is 5.56 Å². The number of anilines is 1. The first-order valence-electron chi connectivity index (χ1n) is 8.46. The topological polar surface area (TPSA) is 73.2 Å². The van der Waals surface area contributed by atoms with E-state index < -0.39 is 12.5 Å². The van der Waals surface area contributed by atoms with E-state index in [1.54, 1.807) is 0 Å². The summed E-state index contributed by atoms with van der Waals surface area (Å²) in [7, 11) is 0. The van der Waals surface area contributed by atoms with Crippen LogP contribution in [0.4, 0.5) is 14.5 Å². The maximum absolute atomic E-state index is 12.8. The second kappa shape index (κ2) is 7.48. The average molecular weight is 426 g/mol. The number of fused-ring (bicyclic) bond motifs is 3. The highest BCUT2D eigenvalue weighted by Crippen LogP contribution is 2.34. The number of alkyl halides is 2. The summed E-state index contributed by atoms with van der Waals surface area (Å²) >= 11 is 7.41. The Kier molecular flexibility index (Phi) is 5.03. The van der Waals surface area contributed by atoms with E-state index in [1.807, 2.05) is 0 Å². The van der Waals surface area contributed by atoms with Gasteiger partial charge in [-0.1, -0.05) is 11.6 Å². The van der Waals surface area contributed by atoms with Crippen molar-refractivity contribution in [3.63, 3.8) is 0 Å². The van der Waals surface area contributed by atoms with Crippen LogP contribution in [0.25, 0.3) is 10.2 Å². The van der Waals surface area contributed by atoms with Crippen molar-refractivity contribution in [1.29, 1.82) is 0 Å². The van der Waals surface area contributed by atoms with Gasteiger partial charge in [-0.05, 0) is 43.0 Å². The summed E-state index contributed by atoms with van der Waals surface area (Å²) in [5.41, 5.74) is 1.11. The molecule has 6 nitrogen and oxygen atoms in total. The number of aryl methyl sites for hydroxylation is 2. The van der Waals surface area contributed by atoms with E-state index in [1.165, 1.54) is 45.3 Å². The number of amides is 1. The zero-order valence-corrected chi connectivity index (χ0v) is 15.9. The summed E-state index contributed by atoms with van der Waals surface area (Å²) in [6, 6.07) is 3.92. The van der Waals surface area contributed by atoms with Gasteiger partial charge in [0.1, 0.15) is 17.1 Å². The van der Waals surface area contributed by atoms with Gasteiger partial charge in [-0.3, -0.25) is 14.2 Å². The van der Waals surface area contributed by atoms with Crippen molar-refractivity contribution in [2.24, 2.45) is 0 Å². The van der Waals surface area contributed by atoms with Crippen LogP contribution in [0.5, 0.6) is 5.75 Å². The third-order valence-corrected chi connectivity index (χ3v) is 5.93. The van der Waals surface area contributed by atoms with Crippen molar-refractivity contribution in [1.82, 2.24) is 9.55 Å². The van der Waals surface area contributed by atoms with E-state index >= 15 is 0 Å². The number of carbonyl (C=O) groups is 1. The number of ether oxygens (including phenoxy) is 1. The second-order valence-corrected chi connectivity index (χ2v) is 7.78. The molecular weight excluding hydrogens is 412 g/mol. The molecule has 1 aliphatic rings. The van der Waals surface area contributed by atoms with Gasteiger partial charge in [0.15, 0.2) is 0 Å². The van der Waals surface area contributed by atoms with Crippen LogP contribution in [0.3, 0.4) is 0 Å². The molecule has 10 heteroatoms. The van der Waals surface area contributed by atoms with Crippen LogP contribution >= 0.6 is 22.9 Å². The molecule has 146 valence electrons. The normalized spacial score (nSPS) is 13.1. The Hall–Kier alpha value is -2.52. The lowest BCUT2D eigenvalue weighted by molar-refractivity contribution is -0.116. The van der Waals surface area contributed by atoms with Gasteiger partial charge in [-0.25, -0.2) is 4.98 Å². The smallest absolute Gasteiger partial charge is 0.387 e. The zero-order valence-electron chi connectivity index (χ0n) is 14.4. The Morgan fingerprint density at radius 2 is 2.21 bits per heavy atom. The number of thiophene rings is 1. The fraction of sp³-hybridized carbons (Fsp3) is 0.278. The monoisotopic (exact) mass is 425 g/mol. The van der Waals surface area contributed by atoms with E-state index in [9.17, 15) is 18.4 Å². The molecule has 3 aromatic rings. The van der Waals surface area contributed by atoms with Gasteiger partial charge in [-0.15, -0.1) is 11.3 Å². The van der Waals surface area contributed by atoms with E-state index in [-0.39, 0.29) is 22.9 Å². The highest BCUT2D eigenvalue weighted by molar-refractivity contribution is 7.18. The number of halogens is 3. The maximum Gasteiger partial charge on any atom is 0.387 e. The summed E-state index contributed by atoms with van der Waals surface area (Å²) < 4.78 is 30.1. The molecule has 1 aliphatic carbocycles. The molecule has 1 N–H and O–H groups in total. The number of benzene rings is 1. The van der Waals surface area contributed by atoms with Crippen LogP contribution in [0, 0.1) is 0 Å². The molecule has 4 rings (SSSR count). The number of aromatic nitrogens is 2. The number of carbonyl (C=O) groups excluding carboxylic acids is 1. The highest BCUT2D eigenvalue weighted by atomic mass is 35.5. The molecule has 0 unspecified atom stereocenters. The minimum absolute atomic E-state index is 0.0628. The summed E-state index contributed by atoms with van der Waals surface area (Å²) in [6.45, 7) is -3.22. The van der Waals surface area contributed by atoms with Crippen molar-refractivity contribution < 1.29 is 18.3 Å². The predicted octanol–water partition coefficient (Wildman–Crippen LogP) is 3.84. The van der Waals surface area contributed by atoms with Crippen LogP contribution in [0.15, 0.2) is 29.3 Å². The van der Waals surface area contributed by atoms with Crippen LogP contribution in [0.1, 0.15) is 16.9 Å². The third-order valence-electron chi connectivity index (χ3n) is 4.44. The van der Waals surface area contributed by atoms with E-state index in [0.29, 0.717) is 15.9 Å². The van der Waals surface area contributed by atoms with Gasteiger partial charge in [-0.2, -0.15) is 8.78 Å². The average Bonchev–Trinajstić information content (AvgIpc) is 3.20. The van der Waals surface area contributed by atoms with Crippen LogP contribution in [-0.2, 0) is 24.2 Å². The largest absolute Gasteiger partial charge is 0.433 e. The first-order valence-corrected chi connectivity index (χ1v) is 9.65. The Morgan fingerprint density at radius 1 is 1.39 bits per heavy atom. The summed E-state index contributed by atoms with van der Waals surface area (Å²) in [5, 5.41) is 3.12. The lowest BCUT2D eigenvalue weighted by atomic mass is 10.2. The fourth-order valence-corrected chi connectivity index (χ4v) is 4.70. The van der Waals surface area contributed by atoms with Crippen LogP contribution in [0.2, 0.25) is 5.02 Å². The first kappa shape index (κ1) is 18.8. The van der Waals surface area contributed by atoms with E-state index in [2.05, 4.69) is 15.0 Å². The number of hydrogen-bond donors (Lipinski definition) is 1. The van der Waals surface area contributed by atoms with Crippen LogP contribution < -0.4 is 15.6 Å². The molecule has 2 heterocycles. The van der Waals surface area contributed by atoms with E-state index in [4.69, 9.17) is 11.6 Å². The molecule has 0 radical (unpaired) electrons. The molecule has 1 aromatic carbocycles. The van der Waals surface area contributed by atoms with Gasteiger partial charge < -0.3 is 10.1 Å². The number of rotatable bonds is 5. The Labute approximate surface area is 166 Å². The molecule has 0 bridgehead atoms. The minimum Gasteiger partial charge on any atom is -0.433 e. The Morgan fingerprint density at radius 3 is 2.96 bits per heavy atom. The third kappa shape index (κ3) is 3.59. The molecular formula is C18H14ClF2N3O3S. The lowest BCUT2D eigenvalue weighted by Gasteiger charge is -2.10. The minimum atomic E-state index is -2.99. The lowest BCUT2D eigenvalue weighted by Crippen LogP contribution is -2.28. The van der Waals surface area contributed by atoms with Gasteiger partial charge in [0.2, 0.25) is 5.91 Å². The molecule has 1 amide bonds. The molecule has 2 aromatic heterocycles. The molecule has 0 aliphatic heterocycles. The van der Waals surface area contributed by atoms with Crippen molar-refractivity contribution in [2.75, 3.05) is 5.32 Å². The molecule has 0 atom stereocenters. The molecule has 0 spiro atoms. The zero-order chi connectivity index (χ0) is 19.8. The van der Waals surface area contributed by atoms with Crippen molar-refractivity contribution >= 4 is 44.7 Å². The summed E-state index contributed by atoms with van der Waals surface area (Å²) in [6.07, 6.45) is 4.21. The quantitative estimate of drug-likeness (QED) is 0.674.